The highest BCUT2D eigenvalue weighted by molar-refractivity contribution is 5.66. The predicted molar refractivity (Wildman–Crippen MR) is 93.0 cm³/mol. The molecule has 3 saturated carbocycles. The van der Waals surface area contributed by atoms with Crippen LogP contribution in [0.25, 0.3) is 10.4 Å². The molecule has 0 spiro atoms. The molecule has 1 aromatic carbocycles. The van der Waals surface area contributed by atoms with E-state index in [2.05, 4.69) is 36.1 Å². The van der Waals surface area contributed by atoms with Crippen LogP contribution in [-0.2, 0) is 0 Å². The third-order valence-electron chi connectivity index (χ3n) is 6.40. The van der Waals surface area contributed by atoms with Gasteiger partial charge in [0.25, 0.3) is 5.69 Å². The number of nitro groups is 1. The van der Waals surface area contributed by atoms with Gasteiger partial charge in [-0.15, -0.1) is 0 Å². The van der Waals surface area contributed by atoms with Crippen LogP contribution in [0.3, 0.4) is 0 Å². The van der Waals surface area contributed by atoms with E-state index >= 15 is 0 Å². The third kappa shape index (κ3) is 2.69. The number of benzene rings is 1. The number of nitro benzene ring substituents is 1. The molecule has 0 radical (unpaired) electrons. The molecule has 3 aliphatic rings. The number of hydrogen-bond acceptors (Lipinski definition) is 4. The quantitative estimate of drug-likeness (QED) is 0.261. The van der Waals surface area contributed by atoms with Crippen molar-refractivity contribution in [2.45, 2.75) is 33.6 Å². The molecule has 7 nitrogen and oxygen atoms in total. The van der Waals surface area contributed by atoms with Crippen molar-refractivity contribution in [3.63, 3.8) is 0 Å². The second kappa shape index (κ2) is 5.98. The monoisotopic (exact) mass is 329 g/mol. The fraction of sp³-hybridized carbons (Fsp3) is 0.647. The normalized spacial score (nSPS) is 30.0. The summed E-state index contributed by atoms with van der Waals surface area (Å²) >= 11 is 0. The molecule has 0 aromatic heterocycles. The maximum atomic E-state index is 11.3. The van der Waals surface area contributed by atoms with E-state index in [0.29, 0.717) is 22.9 Å². The zero-order valence-electron chi connectivity index (χ0n) is 14.3. The Morgan fingerprint density at radius 2 is 2.21 bits per heavy atom. The van der Waals surface area contributed by atoms with Crippen LogP contribution < -0.4 is 5.32 Å². The van der Waals surface area contributed by atoms with Crippen molar-refractivity contribution in [2.75, 3.05) is 11.9 Å². The number of nitrogens with zero attached hydrogens (tertiary/aromatic N) is 4. The predicted octanol–water partition coefficient (Wildman–Crippen LogP) is 5.27. The van der Waals surface area contributed by atoms with Gasteiger partial charge in [-0.05, 0) is 53.5 Å². The minimum Gasteiger partial charge on any atom is -0.379 e. The van der Waals surface area contributed by atoms with Gasteiger partial charge in [-0.1, -0.05) is 32.0 Å². The zero-order valence-corrected chi connectivity index (χ0v) is 14.3. The minimum atomic E-state index is -0.441. The Morgan fingerprint density at radius 3 is 2.79 bits per heavy atom. The molecule has 7 heteroatoms. The van der Waals surface area contributed by atoms with Gasteiger partial charge < -0.3 is 5.32 Å². The highest BCUT2D eigenvalue weighted by Crippen LogP contribution is 2.62. The lowest BCUT2D eigenvalue weighted by Gasteiger charge is -2.62. The van der Waals surface area contributed by atoms with Crippen LogP contribution in [0.1, 0.15) is 33.6 Å². The van der Waals surface area contributed by atoms with Gasteiger partial charge in [0, 0.05) is 23.2 Å². The summed E-state index contributed by atoms with van der Waals surface area (Å²) in [6.45, 7) is 7.79. The van der Waals surface area contributed by atoms with Crippen LogP contribution in [-0.4, -0.2) is 11.5 Å². The Kier molecular flexibility index (Phi) is 4.13. The van der Waals surface area contributed by atoms with Crippen LogP contribution in [0, 0.1) is 39.2 Å². The van der Waals surface area contributed by atoms with Crippen LogP contribution in [0.4, 0.5) is 17.1 Å². The molecule has 1 aromatic rings. The van der Waals surface area contributed by atoms with E-state index in [-0.39, 0.29) is 11.4 Å². The van der Waals surface area contributed by atoms with Gasteiger partial charge >= 0.3 is 0 Å². The van der Waals surface area contributed by atoms with Gasteiger partial charge in [-0.2, -0.15) is 0 Å². The zero-order chi connectivity index (χ0) is 17.5. The summed E-state index contributed by atoms with van der Waals surface area (Å²) < 4.78 is 0. The van der Waals surface area contributed by atoms with Gasteiger partial charge in [0.15, 0.2) is 0 Å². The number of fused-ring (bicyclic) bond motifs is 2. The molecular weight excluding hydrogens is 306 g/mol. The maximum absolute atomic E-state index is 11.3. The molecule has 0 heterocycles. The molecule has 4 atom stereocenters. The molecule has 24 heavy (non-hydrogen) atoms. The summed E-state index contributed by atoms with van der Waals surface area (Å²) in [5.41, 5.74) is 9.60. The fourth-order valence-electron chi connectivity index (χ4n) is 4.70. The lowest BCUT2D eigenvalue weighted by Crippen LogP contribution is -2.55. The second-order valence-electron chi connectivity index (χ2n) is 7.74. The van der Waals surface area contributed by atoms with Crippen LogP contribution in [0.15, 0.2) is 23.3 Å². The summed E-state index contributed by atoms with van der Waals surface area (Å²) in [5.74, 6) is 2.69. The number of nitrogens with one attached hydrogen (secondary N) is 1. The highest BCUT2D eigenvalue weighted by Gasteiger charge is 2.55. The molecular formula is C17H23N5O2. The van der Waals surface area contributed by atoms with Crippen LogP contribution in [0.5, 0.6) is 0 Å². The summed E-state index contributed by atoms with van der Waals surface area (Å²) in [7, 11) is 0. The standard InChI is InChI=1S/C17H23N5O2/c1-10-11(6-12-7-14(10)17(12,2)3)9-19-15-5-4-13(20-21-18)8-16(15)22(23)24/h4-5,8,10-12,14,19H,6-7,9H2,1-3H3/t10?,11-,12+,14+/m0/s1. The number of rotatable bonds is 5. The van der Waals surface area contributed by atoms with E-state index in [0.717, 1.165) is 18.4 Å². The van der Waals surface area contributed by atoms with Gasteiger partial charge in [0.1, 0.15) is 5.69 Å². The first-order valence-electron chi connectivity index (χ1n) is 8.42. The van der Waals surface area contributed by atoms with Gasteiger partial charge in [0.2, 0.25) is 0 Å². The minimum absolute atomic E-state index is 0.0474. The largest absolute Gasteiger partial charge is 0.379 e. The van der Waals surface area contributed by atoms with Crippen molar-refractivity contribution in [3.8, 4) is 0 Å². The van der Waals surface area contributed by atoms with Gasteiger partial charge in [0.05, 0.1) is 4.92 Å². The van der Waals surface area contributed by atoms with E-state index in [4.69, 9.17) is 5.53 Å². The molecule has 2 bridgehead atoms. The SMILES string of the molecule is CC1[C@H](CNc2ccc(N=[N+]=[N-])cc2[N+](=O)[O-])C[C@@H]2C[C@H]1C2(C)C. The first-order chi connectivity index (χ1) is 11.3. The summed E-state index contributed by atoms with van der Waals surface area (Å²) in [5, 5.41) is 18.0. The molecule has 128 valence electrons. The lowest BCUT2D eigenvalue weighted by molar-refractivity contribution is -0.383. The molecule has 4 rings (SSSR count). The first kappa shape index (κ1) is 16.6. The smallest absolute Gasteiger partial charge is 0.292 e. The third-order valence-corrected chi connectivity index (χ3v) is 6.40. The van der Waals surface area contributed by atoms with E-state index in [1.807, 2.05) is 0 Å². The molecule has 3 aliphatic carbocycles. The molecule has 0 aliphatic heterocycles. The number of azide groups is 1. The second-order valence-corrected chi connectivity index (χ2v) is 7.74. The summed E-state index contributed by atoms with van der Waals surface area (Å²) in [4.78, 5) is 13.5. The molecule has 1 N–H and O–H groups in total. The number of hydrogen-bond donors (Lipinski definition) is 1. The Morgan fingerprint density at radius 1 is 1.46 bits per heavy atom. The summed E-state index contributed by atoms with van der Waals surface area (Å²) in [6, 6.07) is 4.53. The van der Waals surface area contributed by atoms with E-state index in [1.165, 1.54) is 18.9 Å². The Labute approximate surface area is 141 Å². The van der Waals surface area contributed by atoms with E-state index in [1.54, 1.807) is 12.1 Å². The van der Waals surface area contributed by atoms with Crippen molar-refractivity contribution < 1.29 is 4.92 Å². The van der Waals surface area contributed by atoms with Crippen molar-refractivity contribution >= 4 is 17.1 Å². The van der Waals surface area contributed by atoms with Crippen molar-refractivity contribution in [1.29, 1.82) is 0 Å². The van der Waals surface area contributed by atoms with Crippen molar-refractivity contribution in [2.24, 2.45) is 34.2 Å². The van der Waals surface area contributed by atoms with Gasteiger partial charge in [-0.25, -0.2) is 0 Å². The molecule has 0 saturated heterocycles. The summed E-state index contributed by atoms with van der Waals surface area (Å²) in [6.07, 6.45) is 2.51. The number of anilines is 1. The van der Waals surface area contributed by atoms with Crippen LogP contribution >= 0.6 is 0 Å². The average molecular weight is 329 g/mol. The van der Waals surface area contributed by atoms with E-state index < -0.39 is 4.92 Å². The van der Waals surface area contributed by atoms with Crippen molar-refractivity contribution in [1.82, 2.24) is 0 Å². The average Bonchev–Trinajstić information content (AvgIpc) is 2.54. The highest BCUT2D eigenvalue weighted by atomic mass is 16.6. The lowest BCUT2D eigenvalue weighted by atomic mass is 9.43. The Bertz CT molecular complexity index is 711. The first-order valence-corrected chi connectivity index (χ1v) is 8.42. The van der Waals surface area contributed by atoms with Crippen molar-refractivity contribution in [3.05, 3.63) is 38.8 Å². The van der Waals surface area contributed by atoms with Gasteiger partial charge in [-0.3, -0.25) is 10.1 Å². The topological polar surface area (TPSA) is 104 Å². The Hall–Kier alpha value is -2.27. The molecule has 0 amide bonds. The molecule has 3 fully saturated rings. The molecule has 1 unspecified atom stereocenters. The van der Waals surface area contributed by atoms with Crippen LogP contribution in [0.2, 0.25) is 0 Å². The van der Waals surface area contributed by atoms with E-state index in [9.17, 15) is 10.1 Å². The Balaban J connectivity index is 1.71. The maximum Gasteiger partial charge on any atom is 0.292 e. The fourth-order valence-corrected chi connectivity index (χ4v) is 4.70.